The van der Waals surface area contributed by atoms with Gasteiger partial charge in [-0.2, -0.15) is 4.98 Å². The van der Waals surface area contributed by atoms with Gasteiger partial charge in [0.15, 0.2) is 0 Å². The smallest absolute Gasteiger partial charge is 0.231 e. The van der Waals surface area contributed by atoms with Crippen LogP contribution in [0, 0.1) is 12.8 Å². The Hall–Kier alpha value is -1.69. The van der Waals surface area contributed by atoms with E-state index in [-0.39, 0.29) is 0 Å². The molecule has 0 radical (unpaired) electrons. The third-order valence-corrected chi connectivity index (χ3v) is 7.77. The normalized spacial score (nSPS) is 17.8. The molecule has 1 aliphatic carbocycles. The zero-order valence-corrected chi connectivity index (χ0v) is 18.6. The van der Waals surface area contributed by atoms with Crippen LogP contribution in [0.5, 0.6) is 11.6 Å². The van der Waals surface area contributed by atoms with Crippen LogP contribution in [0.25, 0.3) is 10.2 Å². The minimum atomic E-state index is 0.705. The average molecular weight is 428 g/mol. The zero-order chi connectivity index (χ0) is 20.0. The number of nitrogens with zero attached hydrogens (tertiary/aromatic N) is 3. The Morgan fingerprint density at radius 1 is 1.21 bits per heavy atom. The van der Waals surface area contributed by atoms with Crippen molar-refractivity contribution in [3.8, 4) is 11.6 Å². The molecule has 0 unspecified atom stereocenters. The SMILES string of the molecule is Cc1cc(Oc2nc(CN3CCC(C)CC3)nc3sc4c(c23)CCC4)ccc1Cl. The summed E-state index contributed by atoms with van der Waals surface area (Å²) in [6.07, 6.45) is 5.96. The molecule has 0 N–H and O–H groups in total. The summed E-state index contributed by atoms with van der Waals surface area (Å²) in [5, 5.41) is 1.87. The van der Waals surface area contributed by atoms with Crippen molar-refractivity contribution < 1.29 is 4.74 Å². The predicted octanol–water partition coefficient (Wildman–Crippen LogP) is 6.17. The number of benzene rings is 1. The summed E-state index contributed by atoms with van der Waals surface area (Å²) in [5.41, 5.74) is 2.40. The van der Waals surface area contributed by atoms with Crippen LogP contribution in [0.2, 0.25) is 5.02 Å². The molecular weight excluding hydrogens is 402 g/mol. The molecule has 2 aromatic heterocycles. The van der Waals surface area contributed by atoms with Gasteiger partial charge in [0.25, 0.3) is 0 Å². The van der Waals surface area contributed by atoms with Gasteiger partial charge in [0.2, 0.25) is 5.88 Å². The third kappa shape index (κ3) is 3.88. The largest absolute Gasteiger partial charge is 0.438 e. The molecule has 1 saturated heterocycles. The zero-order valence-electron chi connectivity index (χ0n) is 17.0. The highest BCUT2D eigenvalue weighted by atomic mass is 35.5. The van der Waals surface area contributed by atoms with Gasteiger partial charge in [-0.25, -0.2) is 4.98 Å². The second kappa shape index (κ2) is 7.86. The first-order chi connectivity index (χ1) is 14.1. The molecule has 1 aromatic carbocycles. The van der Waals surface area contributed by atoms with E-state index < -0.39 is 0 Å². The van der Waals surface area contributed by atoms with Gasteiger partial charge in [-0.1, -0.05) is 18.5 Å². The Balaban J connectivity index is 1.51. The van der Waals surface area contributed by atoms with Crippen LogP contribution in [-0.2, 0) is 19.4 Å². The molecule has 152 valence electrons. The van der Waals surface area contributed by atoms with Crippen LogP contribution in [0.4, 0.5) is 0 Å². The molecule has 6 heteroatoms. The fraction of sp³-hybridized carbons (Fsp3) is 0.478. The maximum Gasteiger partial charge on any atom is 0.231 e. The maximum absolute atomic E-state index is 6.34. The molecule has 29 heavy (non-hydrogen) atoms. The van der Waals surface area contributed by atoms with Crippen LogP contribution < -0.4 is 4.74 Å². The lowest BCUT2D eigenvalue weighted by Crippen LogP contribution is -2.32. The van der Waals surface area contributed by atoms with Crippen molar-refractivity contribution >= 4 is 33.2 Å². The molecular formula is C23H26ClN3OS. The van der Waals surface area contributed by atoms with Crippen molar-refractivity contribution in [2.45, 2.75) is 52.5 Å². The van der Waals surface area contributed by atoms with Crippen LogP contribution in [0.3, 0.4) is 0 Å². The first-order valence-electron chi connectivity index (χ1n) is 10.5. The van der Waals surface area contributed by atoms with Crippen LogP contribution in [0.1, 0.15) is 48.0 Å². The van der Waals surface area contributed by atoms with E-state index in [1.807, 2.05) is 36.5 Å². The summed E-state index contributed by atoms with van der Waals surface area (Å²) in [4.78, 5) is 14.9. The van der Waals surface area contributed by atoms with E-state index in [4.69, 9.17) is 26.3 Å². The topological polar surface area (TPSA) is 38.2 Å². The van der Waals surface area contributed by atoms with Gasteiger partial charge in [0, 0.05) is 9.90 Å². The molecule has 0 atom stereocenters. The van der Waals surface area contributed by atoms with Crippen molar-refractivity contribution in [2.75, 3.05) is 13.1 Å². The van der Waals surface area contributed by atoms with E-state index in [0.717, 1.165) is 70.8 Å². The van der Waals surface area contributed by atoms with Crippen molar-refractivity contribution in [2.24, 2.45) is 5.92 Å². The number of piperidine rings is 1. The number of rotatable bonds is 4. The Kier molecular flexibility index (Phi) is 5.23. The number of thiophene rings is 1. The van der Waals surface area contributed by atoms with Gasteiger partial charge in [-0.05, 0) is 87.4 Å². The third-order valence-electron chi connectivity index (χ3n) is 6.16. The lowest BCUT2D eigenvalue weighted by molar-refractivity contribution is 0.181. The summed E-state index contributed by atoms with van der Waals surface area (Å²) in [6, 6.07) is 5.79. The van der Waals surface area contributed by atoms with Crippen LogP contribution >= 0.6 is 22.9 Å². The number of aryl methyl sites for hydroxylation is 3. The highest BCUT2D eigenvalue weighted by Gasteiger charge is 2.24. The minimum Gasteiger partial charge on any atom is -0.438 e. The summed E-state index contributed by atoms with van der Waals surface area (Å²) in [5.74, 6) is 3.17. The van der Waals surface area contributed by atoms with E-state index in [9.17, 15) is 0 Å². The van der Waals surface area contributed by atoms with Gasteiger partial charge in [0.1, 0.15) is 16.4 Å². The number of ether oxygens (including phenoxy) is 1. The van der Waals surface area contributed by atoms with Crippen LogP contribution in [0.15, 0.2) is 18.2 Å². The minimum absolute atomic E-state index is 0.705. The van der Waals surface area contributed by atoms with Gasteiger partial charge in [0.05, 0.1) is 11.9 Å². The molecule has 5 rings (SSSR count). The van der Waals surface area contributed by atoms with E-state index in [0.29, 0.717) is 5.88 Å². The molecule has 2 aliphatic rings. The van der Waals surface area contributed by atoms with Crippen molar-refractivity contribution in [3.63, 3.8) is 0 Å². The first kappa shape index (κ1) is 19.3. The predicted molar refractivity (Wildman–Crippen MR) is 119 cm³/mol. The monoisotopic (exact) mass is 427 g/mol. The highest BCUT2D eigenvalue weighted by Crippen LogP contribution is 2.41. The fourth-order valence-corrected chi connectivity index (χ4v) is 5.75. The highest BCUT2D eigenvalue weighted by molar-refractivity contribution is 7.19. The molecule has 3 heterocycles. The van der Waals surface area contributed by atoms with E-state index in [1.54, 1.807) is 0 Å². The first-order valence-corrected chi connectivity index (χ1v) is 11.7. The van der Waals surface area contributed by atoms with E-state index in [1.165, 1.54) is 29.7 Å². The molecule has 3 aromatic rings. The van der Waals surface area contributed by atoms with Crippen molar-refractivity contribution in [3.05, 3.63) is 45.1 Å². The number of hydrogen-bond acceptors (Lipinski definition) is 5. The Morgan fingerprint density at radius 3 is 2.83 bits per heavy atom. The van der Waals surface area contributed by atoms with Crippen molar-refractivity contribution in [1.82, 2.24) is 14.9 Å². The number of likely N-dealkylation sites (tertiary alicyclic amines) is 1. The summed E-state index contributed by atoms with van der Waals surface area (Å²) in [6.45, 7) is 7.37. The molecule has 0 saturated carbocycles. The van der Waals surface area contributed by atoms with Gasteiger partial charge < -0.3 is 4.74 Å². The lowest BCUT2D eigenvalue weighted by Gasteiger charge is -2.29. The molecule has 0 spiro atoms. The van der Waals surface area contributed by atoms with Crippen molar-refractivity contribution in [1.29, 1.82) is 0 Å². The Morgan fingerprint density at radius 2 is 2.03 bits per heavy atom. The number of aromatic nitrogens is 2. The Labute approximate surface area is 180 Å². The second-order valence-electron chi connectivity index (χ2n) is 8.45. The number of halogens is 1. The van der Waals surface area contributed by atoms with E-state index in [2.05, 4.69) is 11.8 Å². The molecule has 4 nitrogen and oxygen atoms in total. The summed E-state index contributed by atoms with van der Waals surface area (Å²) >= 11 is 8.02. The second-order valence-corrected chi connectivity index (χ2v) is 9.95. The number of hydrogen-bond donors (Lipinski definition) is 0. The molecule has 1 fully saturated rings. The molecule has 1 aliphatic heterocycles. The van der Waals surface area contributed by atoms with Gasteiger partial charge in [-0.15, -0.1) is 11.3 Å². The standard InChI is InChI=1S/C23H26ClN3OS/c1-14-8-10-27(11-9-14)13-20-25-22(28-16-6-7-18(24)15(2)12-16)21-17-4-3-5-19(17)29-23(21)26-20/h6-7,12,14H,3-5,8-11,13H2,1-2H3. The lowest BCUT2D eigenvalue weighted by atomic mass is 9.99. The van der Waals surface area contributed by atoms with E-state index >= 15 is 0 Å². The summed E-state index contributed by atoms with van der Waals surface area (Å²) < 4.78 is 6.34. The van der Waals surface area contributed by atoms with Gasteiger partial charge in [-0.3, -0.25) is 4.90 Å². The van der Waals surface area contributed by atoms with Crippen LogP contribution in [-0.4, -0.2) is 28.0 Å². The average Bonchev–Trinajstić information content (AvgIpc) is 3.27. The number of fused-ring (bicyclic) bond motifs is 3. The fourth-order valence-electron chi connectivity index (χ4n) is 4.36. The Bertz CT molecular complexity index is 1060. The quantitative estimate of drug-likeness (QED) is 0.499. The maximum atomic E-state index is 6.34. The molecule has 0 amide bonds. The summed E-state index contributed by atoms with van der Waals surface area (Å²) in [7, 11) is 0. The molecule has 0 bridgehead atoms. The van der Waals surface area contributed by atoms with Gasteiger partial charge >= 0.3 is 0 Å².